The van der Waals surface area contributed by atoms with E-state index in [1.54, 1.807) is 30.9 Å². The van der Waals surface area contributed by atoms with Gasteiger partial charge in [-0.25, -0.2) is 9.97 Å². The number of aromatic nitrogens is 2. The summed E-state index contributed by atoms with van der Waals surface area (Å²) in [6, 6.07) is 7.41. The van der Waals surface area contributed by atoms with Crippen LogP contribution < -0.4 is 27.3 Å². The second-order valence-corrected chi connectivity index (χ2v) is 14.1. The lowest BCUT2D eigenvalue weighted by molar-refractivity contribution is -0.182. The van der Waals surface area contributed by atoms with Crippen LogP contribution in [0.5, 0.6) is 5.75 Å². The van der Waals surface area contributed by atoms with Gasteiger partial charge in [-0.15, -0.1) is 0 Å². The fourth-order valence-corrected chi connectivity index (χ4v) is 6.12. The van der Waals surface area contributed by atoms with Crippen LogP contribution in [-0.2, 0) is 25.4 Å². The van der Waals surface area contributed by atoms with Crippen LogP contribution in [0, 0.1) is 0 Å². The number of aliphatic hydroxyl groups excluding tert-OH is 6. The van der Waals surface area contributed by atoms with Gasteiger partial charge in [0.25, 0.3) is 5.91 Å². The number of aliphatic hydroxyl groups is 6. The van der Waals surface area contributed by atoms with Gasteiger partial charge in [-0.05, 0) is 50.8 Å². The smallest absolute Gasteiger partial charge is 0.280 e. The minimum atomic E-state index is -1.66. The lowest BCUT2D eigenvalue weighted by atomic mass is 10.0. The van der Waals surface area contributed by atoms with Crippen molar-refractivity contribution < 1.29 is 59.1 Å². The normalized spacial score (nSPS) is 23.4. The van der Waals surface area contributed by atoms with Crippen LogP contribution in [0.25, 0.3) is 0 Å². The summed E-state index contributed by atoms with van der Waals surface area (Å²) in [7, 11) is 0. The zero-order valence-corrected chi connectivity index (χ0v) is 32.1. The molecule has 2 aliphatic heterocycles. The third-order valence-electron chi connectivity index (χ3n) is 9.09. The lowest BCUT2D eigenvalue weighted by Crippen LogP contribution is -2.52. The number of ether oxygens (including phenoxy) is 5. The number of hydrogen-bond acceptors (Lipinski definition) is 18. The highest BCUT2D eigenvalue weighted by atomic mass is 35.5. The number of carbonyl (C=O) groups excluding carboxylic acids is 1. The zero-order chi connectivity index (χ0) is 40.9. The van der Waals surface area contributed by atoms with Gasteiger partial charge in [-0.2, -0.15) is 0 Å². The Labute approximate surface area is 329 Å². The maximum atomic E-state index is 12.4. The highest BCUT2D eigenvalue weighted by Crippen LogP contribution is 2.21. The molecule has 2 saturated heterocycles. The minimum absolute atomic E-state index is 0.0339. The number of benzene rings is 1. The average molecular weight is 815 g/mol. The van der Waals surface area contributed by atoms with Crippen LogP contribution in [0.4, 0.5) is 11.6 Å². The molecule has 4 rings (SSSR count). The number of guanidine groups is 1. The molecule has 0 bridgehead atoms. The Hall–Kier alpha value is -3.51. The first kappa shape index (κ1) is 45.2. The number of nitrogens with one attached hydrogen (secondary N) is 1. The predicted molar refractivity (Wildman–Crippen MR) is 202 cm³/mol. The van der Waals surface area contributed by atoms with E-state index < -0.39 is 61.2 Å². The van der Waals surface area contributed by atoms with E-state index in [0.29, 0.717) is 18.7 Å². The molecule has 0 aliphatic carbocycles. The molecule has 314 valence electrons. The number of nitrogen functional groups attached to an aromatic ring is 2. The van der Waals surface area contributed by atoms with E-state index in [1.165, 1.54) is 0 Å². The standard InChI is InChI=1S/C35H55ClN8O12/c1-18-16-54-34(55-18)29(50)28(49)25(47)15-44(14-24(46)27(48)23(45)13-22-17-53-19(2)56-22)11-12-52-21-8-6-20(7-9-21)5-3-4-10-40-35(39)43-33(51)26-31(37)42-32(38)30(36)41-26/h6-9,18-19,22-25,27-29,34,45-50H,3-5,10-17H2,1-2H3,(H4,37,38,42)(H3,39,40,43,51)/t18-,19-,22+,23-,24+,25+,27+,28-,29+,34?/m1/s1. The van der Waals surface area contributed by atoms with Crippen LogP contribution >= 0.6 is 11.6 Å². The fraction of sp³-hybridized carbons (Fsp3) is 0.657. The Morgan fingerprint density at radius 2 is 1.66 bits per heavy atom. The summed E-state index contributed by atoms with van der Waals surface area (Å²) in [5, 5.41) is 66.6. The number of amides is 1. The van der Waals surface area contributed by atoms with Gasteiger partial charge < -0.3 is 71.5 Å². The van der Waals surface area contributed by atoms with Gasteiger partial charge in [-0.3, -0.25) is 20.0 Å². The van der Waals surface area contributed by atoms with Gasteiger partial charge in [0.2, 0.25) is 0 Å². The third kappa shape index (κ3) is 13.9. The number of unbranched alkanes of at least 4 members (excludes halogenated alkanes) is 1. The molecular weight excluding hydrogens is 760 g/mol. The molecule has 56 heavy (non-hydrogen) atoms. The van der Waals surface area contributed by atoms with Crippen molar-refractivity contribution >= 4 is 35.1 Å². The van der Waals surface area contributed by atoms with Gasteiger partial charge >= 0.3 is 0 Å². The van der Waals surface area contributed by atoms with E-state index in [2.05, 4.69) is 20.3 Å². The third-order valence-corrected chi connectivity index (χ3v) is 9.36. The van der Waals surface area contributed by atoms with Gasteiger partial charge in [0.15, 0.2) is 41.0 Å². The van der Waals surface area contributed by atoms with Crippen LogP contribution in [0.2, 0.25) is 5.15 Å². The van der Waals surface area contributed by atoms with Crippen LogP contribution in [0.15, 0.2) is 29.3 Å². The van der Waals surface area contributed by atoms with E-state index in [1.807, 2.05) is 12.1 Å². The van der Waals surface area contributed by atoms with Gasteiger partial charge in [0, 0.05) is 32.6 Å². The van der Waals surface area contributed by atoms with E-state index in [-0.39, 0.29) is 80.4 Å². The molecule has 0 radical (unpaired) electrons. The largest absolute Gasteiger partial charge is 0.492 e. The molecule has 0 saturated carbocycles. The molecule has 2 fully saturated rings. The summed E-state index contributed by atoms with van der Waals surface area (Å²) >= 11 is 5.82. The Bertz CT molecular complexity index is 1570. The molecule has 20 nitrogen and oxygen atoms in total. The van der Waals surface area contributed by atoms with E-state index >= 15 is 0 Å². The minimum Gasteiger partial charge on any atom is -0.492 e. The highest BCUT2D eigenvalue weighted by Gasteiger charge is 2.38. The lowest BCUT2D eigenvalue weighted by Gasteiger charge is -2.33. The van der Waals surface area contributed by atoms with E-state index in [0.717, 1.165) is 18.4 Å². The molecule has 13 N–H and O–H groups in total. The van der Waals surface area contributed by atoms with Gasteiger partial charge in [0.05, 0.1) is 43.7 Å². The first-order valence-electron chi connectivity index (χ1n) is 18.4. The number of aryl methyl sites for hydroxylation is 1. The molecule has 1 aromatic carbocycles. The molecule has 2 aromatic rings. The SMILES string of the molecule is C[C@@H]1OC[C@H](C[C@@H](O)[C@H](O)[C@@H](O)CN(CCOc2ccc(CCCCN=C(N)NC(=O)c3nc(Cl)c(N)nc3N)cc2)C[C@H](O)[C@@H](O)[C@H](O)C2OC[C@@H](C)O2)O1. The number of carbonyl (C=O) groups is 1. The molecule has 1 amide bonds. The van der Waals surface area contributed by atoms with Crippen molar-refractivity contribution in [1.82, 2.24) is 20.2 Å². The number of nitrogens with two attached hydrogens (primary N) is 3. The van der Waals surface area contributed by atoms with Crippen molar-refractivity contribution in [2.45, 2.75) is 101 Å². The maximum absolute atomic E-state index is 12.4. The Kier molecular flexibility index (Phi) is 17.6. The topological polar surface area (TPSA) is 316 Å². The highest BCUT2D eigenvalue weighted by molar-refractivity contribution is 6.31. The molecule has 3 heterocycles. The number of halogens is 1. The van der Waals surface area contributed by atoms with E-state index in [4.69, 9.17) is 52.5 Å². The van der Waals surface area contributed by atoms with Crippen LogP contribution in [0.3, 0.4) is 0 Å². The second kappa shape index (κ2) is 21.9. The monoisotopic (exact) mass is 814 g/mol. The van der Waals surface area contributed by atoms with Crippen LogP contribution in [0.1, 0.15) is 49.2 Å². The molecule has 0 spiro atoms. The summed E-state index contributed by atoms with van der Waals surface area (Å²) in [5.74, 6) is -0.571. The summed E-state index contributed by atoms with van der Waals surface area (Å²) in [6.07, 6.45) is -9.11. The summed E-state index contributed by atoms with van der Waals surface area (Å²) < 4.78 is 27.6. The van der Waals surface area contributed by atoms with Crippen molar-refractivity contribution in [3.05, 3.63) is 40.7 Å². The van der Waals surface area contributed by atoms with Gasteiger partial charge in [0.1, 0.15) is 30.7 Å². The summed E-state index contributed by atoms with van der Waals surface area (Å²) in [4.78, 5) is 25.7. The van der Waals surface area contributed by atoms with E-state index in [9.17, 15) is 35.4 Å². The quantitative estimate of drug-likeness (QED) is 0.0375. The first-order chi connectivity index (χ1) is 26.6. The van der Waals surface area contributed by atoms with Crippen molar-refractivity contribution in [1.29, 1.82) is 0 Å². The van der Waals surface area contributed by atoms with Crippen molar-refractivity contribution in [3.8, 4) is 5.75 Å². The summed E-state index contributed by atoms with van der Waals surface area (Å²) in [5.41, 5.74) is 17.9. The molecule has 2 aliphatic rings. The van der Waals surface area contributed by atoms with Crippen LogP contribution in [-0.4, -0.2) is 165 Å². The fourth-order valence-electron chi connectivity index (χ4n) is 6.00. The van der Waals surface area contributed by atoms with Gasteiger partial charge in [-0.1, -0.05) is 23.7 Å². The number of aliphatic imine (C=N–C) groups is 1. The number of hydrogen-bond donors (Lipinski definition) is 10. The number of nitrogens with zero attached hydrogens (tertiary/aromatic N) is 4. The molecular formula is C35H55ClN8O12. The Morgan fingerprint density at radius 1 is 0.964 bits per heavy atom. The molecule has 1 aromatic heterocycles. The zero-order valence-electron chi connectivity index (χ0n) is 31.4. The first-order valence-corrected chi connectivity index (χ1v) is 18.7. The maximum Gasteiger partial charge on any atom is 0.280 e. The number of anilines is 2. The molecule has 21 heteroatoms. The van der Waals surface area contributed by atoms with Crippen molar-refractivity contribution in [2.75, 3.05) is 57.5 Å². The Balaban J connectivity index is 1.24. The van der Waals surface area contributed by atoms with Crippen molar-refractivity contribution in [3.63, 3.8) is 0 Å². The summed E-state index contributed by atoms with van der Waals surface area (Å²) in [6.45, 7) is 4.06. The molecule has 10 atom stereocenters. The van der Waals surface area contributed by atoms with Crippen molar-refractivity contribution in [2.24, 2.45) is 10.7 Å². The molecule has 1 unspecified atom stereocenters. The second-order valence-electron chi connectivity index (χ2n) is 13.8. The predicted octanol–water partition coefficient (Wildman–Crippen LogP) is -1.88. The Morgan fingerprint density at radius 3 is 2.30 bits per heavy atom. The number of rotatable bonds is 21. The average Bonchev–Trinajstić information content (AvgIpc) is 3.79.